The summed E-state index contributed by atoms with van der Waals surface area (Å²) in [5.74, 6) is 1.03. The van der Waals surface area contributed by atoms with Gasteiger partial charge in [-0.15, -0.1) is 0 Å². The molecule has 1 aromatic rings. The van der Waals surface area contributed by atoms with Gasteiger partial charge in [-0.3, -0.25) is 4.99 Å². The molecule has 0 amide bonds. The van der Waals surface area contributed by atoms with Crippen LogP contribution in [-0.4, -0.2) is 63.5 Å². The van der Waals surface area contributed by atoms with Crippen LogP contribution in [0.5, 0.6) is 0 Å². The Bertz CT molecular complexity index is 552. The molecular formula is C22H37N3O2. The molecule has 1 heterocycles. The molecule has 0 aliphatic carbocycles. The molecule has 0 atom stereocenters. The van der Waals surface area contributed by atoms with E-state index in [2.05, 4.69) is 61.3 Å². The standard InChI is InChI=1S/C22H37N3O2/c1-5-23-21(24-18-22(2,3)19-10-7-6-8-11-19)25-14-12-20(13-15-25)27-17-9-16-26-4/h6-8,10-11,20H,5,9,12-18H2,1-4H3,(H,23,24). The third-order valence-corrected chi connectivity index (χ3v) is 5.10. The van der Waals surface area contributed by atoms with Crippen LogP contribution in [0.4, 0.5) is 0 Å². The minimum absolute atomic E-state index is 0.0186. The summed E-state index contributed by atoms with van der Waals surface area (Å²) in [6.45, 7) is 11.9. The molecule has 0 radical (unpaired) electrons. The van der Waals surface area contributed by atoms with Crippen LogP contribution in [-0.2, 0) is 14.9 Å². The van der Waals surface area contributed by atoms with Gasteiger partial charge in [0.05, 0.1) is 12.6 Å². The van der Waals surface area contributed by atoms with Crippen molar-refractivity contribution in [2.24, 2.45) is 4.99 Å². The second kappa shape index (κ2) is 11.3. The smallest absolute Gasteiger partial charge is 0.193 e. The van der Waals surface area contributed by atoms with E-state index >= 15 is 0 Å². The predicted octanol–water partition coefficient (Wildman–Crippen LogP) is 3.45. The molecule has 0 unspecified atom stereocenters. The maximum atomic E-state index is 5.98. The van der Waals surface area contributed by atoms with Gasteiger partial charge in [0.2, 0.25) is 0 Å². The Kier molecular flexibility index (Phi) is 9.08. The molecule has 1 aliphatic heterocycles. The molecule has 1 N–H and O–H groups in total. The van der Waals surface area contributed by atoms with Gasteiger partial charge in [-0.2, -0.15) is 0 Å². The lowest BCUT2D eigenvalue weighted by Gasteiger charge is -2.35. The lowest BCUT2D eigenvalue weighted by Crippen LogP contribution is -2.47. The monoisotopic (exact) mass is 375 g/mol. The van der Waals surface area contributed by atoms with Crippen molar-refractivity contribution < 1.29 is 9.47 Å². The highest BCUT2D eigenvalue weighted by molar-refractivity contribution is 5.80. The first-order valence-electron chi connectivity index (χ1n) is 10.3. The van der Waals surface area contributed by atoms with Gasteiger partial charge in [0, 0.05) is 45.4 Å². The topological polar surface area (TPSA) is 46.1 Å². The number of likely N-dealkylation sites (tertiary alicyclic amines) is 1. The summed E-state index contributed by atoms with van der Waals surface area (Å²) in [6.07, 6.45) is 3.44. The predicted molar refractivity (Wildman–Crippen MR) is 112 cm³/mol. The molecule has 1 aromatic carbocycles. The fourth-order valence-corrected chi connectivity index (χ4v) is 3.37. The van der Waals surface area contributed by atoms with Crippen molar-refractivity contribution in [3.8, 4) is 0 Å². The first-order chi connectivity index (χ1) is 13.1. The summed E-state index contributed by atoms with van der Waals surface area (Å²) in [4.78, 5) is 7.35. The van der Waals surface area contributed by atoms with Crippen LogP contribution >= 0.6 is 0 Å². The molecule has 1 saturated heterocycles. The van der Waals surface area contributed by atoms with E-state index in [0.717, 1.165) is 64.6 Å². The number of hydrogen-bond acceptors (Lipinski definition) is 3. The van der Waals surface area contributed by atoms with Crippen LogP contribution in [0.3, 0.4) is 0 Å². The molecule has 1 aliphatic rings. The lowest BCUT2D eigenvalue weighted by atomic mass is 9.85. The minimum atomic E-state index is 0.0186. The Labute approximate surface area is 165 Å². The molecule has 0 spiro atoms. The minimum Gasteiger partial charge on any atom is -0.385 e. The zero-order chi connectivity index (χ0) is 19.5. The lowest BCUT2D eigenvalue weighted by molar-refractivity contribution is 0.00989. The van der Waals surface area contributed by atoms with Gasteiger partial charge < -0.3 is 19.7 Å². The Morgan fingerprint density at radius 2 is 1.89 bits per heavy atom. The molecular weight excluding hydrogens is 338 g/mol. The van der Waals surface area contributed by atoms with Gasteiger partial charge in [0.1, 0.15) is 0 Å². The second-order valence-electron chi connectivity index (χ2n) is 7.82. The highest BCUT2D eigenvalue weighted by atomic mass is 16.5. The normalized spacial score (nSPS) is 16.6. The van der Waals surface area contributed by atoms with Crippen molar-refractivity contribution >= 4 is 5.96 Å². The van der Waals surface area contributed by atoms with Crippen LogP contribution in [0.15, 0.2) is 35.3 Å². The van der Waals surface area contributed by atoms with Gasteiger partial charge in [-0.25, -0.2) is 0 Å². The van der Waals surface area contributed by atoms with E-state index in [1.165, 1.54) is 5.56 Å². The van der Waals surface area contributed by atoms with Crippen molar-refractivity contribution in [3.05, 3.63) is 35.9 Å². The first-order valence-corrected chi connectivity index (χ1v) is 10.3. The second-order valence-corrected chi connectivity index (χ2v) is 7.82. The summed E-state index contributed by atoms with van der Waals surface area (Å²) in [5, 5.41) is 3.47. The Morgan fingerprint density at radius 3 is 2.52 bits per heavy atom. The number of guanidine groups is 1. The summed E-state index contributed by atoms with van der Waals surface area (Å²) in [7, 11) is 1.74. The highest BCUT2D eigenvalue weighted by Crippen LogP contribution is 2.23. The fourth-order valence-electron chi connectivity index (χ4n) is 3.37. The molecule has 5 heteroatoms. The van der Waals surface area contributed by atoms with Crippen LogP contribution < -0.4 is 5.32 Å². The number of hydrogen-bond donors (Lipinski definition) is 1. The maximum Gasteiger partial charge on any atom is 0.193 e. The molecule has 0 saturated carbocycles. The van der Waals surface area contributed by atoms with Gasteiger partial charge in [0.25, 0.3) is 0 Å². The summed E-state index contributed by atoms with van der Waals surface area (Å²) in [6, 6.07) is 10.6. The zero-order valence-electron chi connectivity index (χ0n) is 17.5. The van der Waals surface area contributed by atoms with Crippen molar-refractivity contribution in [2.75, 3.05) is 46.5 Å². The Morgan fingerprint density at radius 1 is 1.19 bits per heavy atom. The fraction of sp³-hybridized carbons (Fsp3) is 0.682. The van der Waals surface area contributed by atoms with Gasteiger partial charge in [-0.05, 0) is 31.7 Å². The molecule has 0 bridgehead atoms. The first kappa shape index (κ1) is 21.7. The van der Waals surface area contributed by atoms with Crippen molar-refractivity contribution in [1.29, 1.82) is 0 Å². The molecule has 152 valence electrons. The number of nitrogens with zero attached hydrogens (tertiary/aromatic N) is 2. The molecule has 2 rings (SSSR count). The zero-order valence-corrected chi connectivity index (χ0v) is 17.5. The highest BCUT2D eigenvalue weighted by Gasteiger charge is 2.24. The number of nitrogens with one attached hydrogen (secondary N) is 1. The van der Waals surface area contributed by atoms with E-state index < -0.39 is 0 Å². The summed E-state index contributed by atoms with van der Waals surface area (Å²) >= 11 is 0. The molecule has 0 aromatic heterocycles. The third kappa shape index (κ3) is 7.15. The van der Waals surface area contributed by atoms with E-state index in [0.29, 0.717) is 6.10 Å². The molecule has 5 nitrogen and oxygen atoms in total. The Balaban J connectivity index is 1.88. The van der Waals surface area contributed by atoms with E-state index in [1.807, 2.05) is 0 Å². The van der Waals surface area contributed by atoms with E-state index in [-0.39, 0.29) is 5.41 Å². The van der Waals surface area contributed by atoms with Gasteiger partial charge in [0.15, 0.2) is 5.96 Å². The summed E-state index contributed by atoms with van der Waals surface area (Å²) < 4.78 is 11.1. The van der Waals surface area contributed by atoms with Crippen molar-refractivity contribution in [1.82, 2.24) is 10.2 Å². The van der Waals surface area contributed by atoms with Crippen LogP contribution in [0.1, 0.15) is 45.6 Å². The quantitative estimate of drug-likeness (QED) is 0.408. The summed E-state index contributed by atoms with van der Waals surface area (Å²) in [5.41, 5.74) is 1.35. The molecule has 1 fully saturated rings. The number of aliphatic imine (C=N–C) groups is 1. The SMILES string of the molecule is CCNC(=NCC(C)(C)c1ccccc1)N1CCC(OCCCOC)CC1. The van der Waals surface area contributed by atoms with Crippen LogP contribution in [0.2, 0.25) is 0 Å². The number of methoxy groups -OCH3 is 1. The maximum absolute atomic E-state index is 5.98. The number of ether oxygens (including phenoxy) is 2. The van der Waals surface area contributed by atoms with Gasteiger partial charge in [-0.1, -0.05) is 44.2 Å². The van der Waals surface area contributed by atoms with E-state index in [4.69, 9.17) is 14.5 Å². The van der Waals surface area contributed by atoms with Crippen LogP contribution in [0.25, 0.3) is 0 Å². The van der Waals surface area contributed by atoms with E-state index in [1.54, 1.807) is 7.11 Å². The number of rotatable bonds is 9. The largest absolute Gasteiger partial charge is 0.385 e. The van der Waals surface area contributed by atoms with E-state index in [9.17, 15) is 0 Å². The third-order valence-electron chi connectivity index (χ3n) is 5.10. The molecule has 27 heavy (non-hydrogen) atoms. The van der Waals surface area contributed by atoms with Crippen LogP contribution in [0, 0.1) is 0 Å². The average Bonchev–Trinajstić information content (AvgIpc) is 2.70. The number of benzene rings is 1. The van der Waals surface area contributed by atoms with Crippen molar-refractivity contribution in [2.45, 2.75) is 51.6 Å². The van der Waals surface area contributed by atoms with Gasteiger partial charge >= 0.3 is 0 Å². The average molecular weight is 376 g/mol. The Hall–Kier alpha value is -1.59. The van der Waals surface area contributed by atoms with Crippen molar-refractivity contribution in [3.63, 3.8) is 0 Å². The number of piperidine rings is 1.